The molecule has 0 spiro atoms. The molecule has 0 saturated heterocycles. The highest BCUT2D eigenvalue weighted by molar-refractivity contribution is 5.90. The van der Waals surface area contributed by atoms with Crippen molar-refractivity contribution in [3.8, 4) is 11.6 Å². The summed E-state index contributed by atoms with van der Waals surface area (Å²) in [5.74, 6) is -3.08. The van der Waals surface area contributed by atoms with E-state index in [-0.39, 0.29) is 0 Å². The van der Waals surface area contributed by atoms with Gasteiger partial charge in [-0.15, -0.1) is 13.2 Å². The van der Waals surface area contributed by atoms with Crippen molar-refractivity contribution in [1.82, 2.24) is 4.98 Å². The molecule has 0 atom stereocenters. The molecule has 0 aromatic carbocycles. The van der Waals surface area contributed by atoms with Crippen LogP contribution in [0.25, 0.3) is 0 Å². The van der Waals surface area contributed by atoms with E-state index >= 15 is 0 Å². The summed E-state index contributed by atoms with van der Waals surface area (Å²) in [6.45, 7) is -1.36. The number of carboxylic acid groups (broad SMARTS) is 1. The Kier molecular flexibility index (Phi) is 3.94. The fraction of sp³-hybridized carbons (Fsp3) is 0.333. The number of hydrogen-bond donors (Lipinski definition) is 1. The molecule has 100 valence electrons. The minimum Gasteiger partial charge on any atom is -0.480 e. The van der Waals surface area contributed by atoms with Gasteiger partial charge in [-0.05, 0) is 0 Å². The molecular weight excluding hydrogens is 262 g/mol. The van der Waals surface area contributed by atoms with E-state index in [9.17, 15) is 22.4 Å². The predicted molar refractivity (Wildman–Crippen MR) is 49.2 cm³/mol. The molecule has 0 bridgehead atoms. The summed E-state index contributed by atoms with van der Waals surface area (Å²) in [6.07, 6.45) is -5.07. The third-order valence-electron chi connectivity index (χ3n) is 1.80. The molecule has 1 rings (SSSR count). The smallest absolute Gasteiger partial charge is 0.480 e. The lowest BCUT2D eigenvalue weighted by Crippen LogP contribution is -2.19. The number of carboxylic acids is 1. The van der Waals surface area contributed by atoms with E-state index in [4.69, 9.17) is 5.11 Å². The molecule has 0 amide bonds. The van der Waals surface area contributed by atoms with Crippen LogP contribution in [0.4, 0.5) is 17.6 Å². The Morgan fingerprint density at radius 3 is 2.50 bits per heavy atom. The molecule has 18 heavy (non-hydrogen) atoms. The van der Waals surface area contributed by atoms with Crippen LogP contribution >= 0.6 is 0 Å². The maximum Gasteiger partial charge on any atom is 0.573 e. The second-order valence-corrected chi connectivity index (χ2v) is 2.98. The van der Waals surface area contributed by atoms with Crippen LogP contribution in [0.2, 0.25) is 0 Å². The van der Waals surface area contributed by atoms with Crippen molar-refractivity contribution in [2.75, 3.05) is 7.11 Å². The molecule has 5 nitrogen and oxygen atoms in total. The number of pyridine rings is 1. The second-order valence-electron chi connectivity index (χ2n) is 2.98. The van der Waals surface area contributed by atoms with E-state index in [1.54, 1.807) is 0 Å². The number of nitrogens with zero attached hydrogens (tertiary/aromatic N) is 1. The topological polar surface area (TPSA) is 68.7 Å². The van der Waals surface area contributed by atoms with Crippen LogP contribution in [-0.2, 0) is 6.67 Å². The third kappa shape index (κ3) is 3.22. The zero-order chi connectivity index (χ0) is 13.9. The van der Waals surface area contributed by atoms with Gasteiger partial charge in [-0.1, -0.05) is 0 Å². The molecule has 0 saturated carbocycles. The minimum absolute atomic E-state index is 0.496. The Balaban J connectivity index is 3.32. The maximum absolute atomic E-state index is 12.5. The monoisotopic (exact) mass is 269 g/mol. The highest BCUT2D eigenvalue weighted by Gasteiger charge is 2.33. The Morgan fingerprint density at radius 2 is 2.11 bits per heavy atom. The van der Waals surface area contributed by atoms with Gasteiger partial charge >= 0.3 is 12.3 Å². The standard InChI is InChI=1S/C9H7F4NO4/c1-17-7-4(8(15)16)2-6(5(3-10)14-7)18-9(11,12)13/h2H,3H2,1H3,(H,15,16). The zero-order valence-electron chi connectivity index (χ0n) is 8.92. The molecule has 0 aliphatic carbocycles. The van der Waals surface area contributed by atoms with Gasteiger partial charge in [0.2, 0.25) is 5.88 Å². The molecule has 1 heterocycles. The summed E-state index contributed by atoms with van der Waals surface area (Å²) in [4.78, 5) is 14.1. The van der Waals surface area contributed by atoms with Crippen molar-refractivity contribution in [2.24, 2.45) is 0 Å². The fourth-order valence-electron chi connectivity index (χ4n) is 1.13. The van der Waals surface area contributed by atoms with Crippen molar-refractivity contribution < 1.29 is 36.9 Å². The first-order valence-corrected chi connectivity index (χ1v) is 4.41. The van der Waals surface area contributed by atoms with Gasteiger partial charge in [-0.25, -0.2) is 14.2 Å². The first-order valence-electron chi connectivity index (χ1n) is 4.41. The predicted octanol–water partition coefficient (Wildman–Crippen LogP) is 2.16. The summed E-state index contributed by atoms with van der Waals surface area (Å²) in [5, 5.41) is 8.73. The third-order valence-corrected chi connectivity index (χ3v) is 1.80. The lowest BCUT2D eigenvalue weighted by atomic mass is 10.2. The van der Waals surface area contributed by atoms with Gasteiger partial charge in [0, 0.05) is 6.07 Å². The normalized spacial score (nSPS) is 11.2. The number of aromatic carboxylic acids is 1. The SMILES string of the molecule is COc1nc(CF)c(OC(F)(F)F)cc1C(=O)O. The van der Waals surface area contributed by atoms with Crippen LogP contribution in [0.1, 0.15) is 16.1 Å². The first-order chi connectivity index (χ1) is 8.28. The highest BCUT2D eigenvalue weighted by atomic mass is 19.4. The summed E-state index contributed by atoms with van der Waals surface area (Å²) < 4.78 is 56.6. The highest BCUT2D eigenvalue weighted by Crippen LogP contribution is 2.30. The molecule has 9 heteroatoms. The number of aromatic nitrogens is 1. The number of hydrogen-bond acceptors (Lipinski definition) is 4. The summed E-state index contributed by atoms with van der Waals surface area (Å²) in [6, 6.07) is 0.510. The number of rotatable bonds is 4. The quantitative estimate of drug-likeness (QED) is 0.848. The minimum atomic E-state index is -5.07. The molecular formula is C9H7F4NO4. The van der Waals surface area contributed by atoms with Crippen molar-refractivity contribution in [3.63, 3.8) is 0 Å². The second kappa shape index (κ2) is 5.07. The largest absolute Gasteiger partial charge is 0.573 e. The van der Waals surface area contributed by atoms with E-state index in [2.05, 4.69) is 14.5 Å². The fourth-order valence-corrected chi connectivity index (χ4v) is 1.13. The summed E-state index contributed by atoms with van der Waals surface area (Å²) in [7, 11) is 1.06. The van der Waals surface area contributed by atoms with Gasteiger partial charge in [-0.2, -0.15) is 0 Å². The average Bonchev–Trinajstić information content (AvgIpc) is 2.26. The van der Waals surface area contributed by atoms with Crippen LogP contribution in [0.15, 0.2) is 6.07 Å². The zero-order valence-corrected chi connectivity index (χ0v) is 8.92. The van der Waals surface area contributed by atoms with Gasteiger partial charge < -0.3 is 14.6 Å². The Bertz CT molecular complexity index is 461. The average molecular weight is 269 g/mol. The first kappa shape index (κ1) is 14.0. The number of halogens is 4. The number of ether oxygens (including phenoxy) is 2. The van der Waals surface area contributed by atoms with E-state index in [0.29, 0.717) is 6.07 Å². The van der Waals surface area contributed by atoms with E-state index in [1.165, 1.54) is 0 Å². The molecule has 0 aliphatic heterocycles. The number of methoxy groups -OCH3 is 1. The molecule has 1 aromatic rings. The molecule has 0 fully saturated rings. The Morgan fingerprint density at radius 1 is 1.50 bits per heavy atom. The van der Waals surface area contributed by atoms with Crippen molar-refractivity contribution in [1.29, 1.82) is 0 Å². The van der Waals surface area contributed by atoms with Crippen LogP contribution in [-0.4, -0.2) is 29.5 Å². The lowest BCUT2D eigenvalue weighted by Gasteiger charge is -2.13. The molecule has 1 N–H and O–H groups in total. The van der Waals surface area contributed by atoms with Crippen LogP contribution < -0.4 is 9.47 Å². The van der Waals surface area contributed by atoms with Gasteiger partial charge in [0.15, 0.2) is 5.75 Å². The summed E-state index contributed by atoms with van der Waals surface area (Å²) >= 11 is 0. The summed E-state index contributed by atoms with van der Waals surface area (Å²) in [5.41, 5.74) is -1.36. The number of carbonyl (C=O) groups is 1. The van der Waals surface area contributed by atoms with Gasteiger partial charge in [0.1, 0.15) is 17.9 Å². The van der Waals surface area contributed by atoms with Crippen LogP contribution in [0.5, 0.6) is 11.6 Å². The molecule has 1 aromatic heterocycles. The van der Waals surface area contributed by atoms with Crippen molar-refractivity contribution in [2.45, 2.75) is 13.0 Å². The Labute approximate surface area is 98.0 Å². The van der Waals surface area contributed by atoms with Crippen LogP contribution in [0.3, 0.4) is 0 Å². The maximum atomic E-state index is 12.5. The lowest BCUT2D eigenvalue weighted by molar-refractivity contribution is -0.275. The van der Waals surface area contributed by atoms with E-state index in [0.717, 1.165) is 7.11 Å². The molecule has 0 unspecified atom stereocenters. The Hall–Kier alpha value is -2.06. The number of alkyl halides is 4. The van der Waals surface area contributed by atoms with Crippen LogP contribution in [0, 0.1) is 0 Å². The van der Waals surface area contributed by atoms with E-state index < -0.39 is 41.9 Å². The van der Waals surface area contributed by atoms with E-state index in [1.807, 2.05) is 0 Å². The van der Waals surface area contributed by atoms with Gasteiger partial charge in [0.05, 0.1) is 7.11 Å². The molecule has 0 aliphatic rings. The van der Waals surface area contributed by atoms with Crippen molar-refractivity contribution in [3.05, 3.63) is 17.3 Å². The van der Waals surface area contributed by atoms with Crippen molar-refractivity contribution >= 4 is 5.97 Å². The van der Waals surface area contributed by atoms with Gasteiger partial charge in [-0.3, -0.25) is 0 Å². The molecule has 0 radical (unpaired) electrons. The van der Waals surface area contributed by atoms with Gasteiger partial charge in [0.25, 0.3) is 0 Å².